The van der Waals surface area contributed by atoms with Crippen LogP contribution in [0.15, 0.2) is 48.3 Å². The largest absolute Gasteiger partial charge is 0.507 e. The summed E-state index contributed by atoms with van der Waals surface area (Å²) in [6.07, 6.45) is 2.99. The Morgan fingerprint density at radius 2 is 1.91 bits per heavy atom. The third-order valence-electron chi connectivity index (χ3n) is 4.92. The molecule has 1 saturated heterocycles. The molecule has 2 aromatic heterocycles. The smallest absolute Gasteiger partial charge is 0.301 e. The van der Waals surface area contributed by atoms with Crippen molar-refractivity contribution in [2.75, 3.05) is 18.6 Å². The molecule has 0 radical (unpaired) electrons. The molecule has 164 valence electrons. The van der Waals surface area contributed by atoms with Gasteiger partial charge in [0.25, 0.3) is 5.78 Å². The first-order valence-corrected chi connectivity index (χ1v) is 10.6. The van der Waals surface area contributed by atoms with Crippen LogP contribution in [0.1, 0.15) is 29.1 Å². The number of ether oxygens (including phenoxy) is 2. The first-order valence-electron chi connectivity index (χ1n) is 9.78. The van der Waals surface area contributed by atoms with Crippen molar-refractivity contribution in [3.05, 3.63) is 64.4 Å². The van der Waals surface area contributed by atoms with E-state index in [1.54, 1.807) is 37.3 Å². The molecule has 0 aliphatic carbocycles. The number of nitrogens with zero attached hydrogens (tertiary/aromatic N) is 4. The number of aromatic nitrogens is 3. The summed E-state index contributed by atoms with van der Waals surface area (Å²) in [5.74, 6) is -0.948. The van der Waals surface area contributed by atoms with E-state index < -0.39 is 17.7 Å². The highest BCUT2D eigenvalue weighted by Gasteiger charge is 2.48. The van der Waals surface area contributed by atoms with E-state index in [1.165, 1.54) is 35.7 Å². The van der Waals surface area contributed by atoms with Gasteiger partial charge in [-0.25, -0.2) is 0 Å². The fourth-order valence-corrected chi connectivity index (χ4v) is 4.24. The normalized spacial score (nSPS) is 17.6. The lowest BCUT2D eigenvalue weighted by Crippen LogP contribution is -2.29. The number of rotatable bonds is 6. The van der Waals surface area contributed by atoms with Crippen LogP contribution < -0.4 is 14.4 Å². The van der Waals surface area contributed by atoms with E-state index in [-0.39, 0.29) is 16.5 Å². The standard InChI is InChI=1S/C22H20N4O5S/c1-4-31-15-6-5-14(11-16(15)30-3)18-17(19(27)13-7-9-23-10-8-13)20(28)21(29)26(18)22-25-24-12(2)32-22/h5-11,18,27H,4H2,1-3H3/b19-17+. The highest BCUT2D eigenvalue weighted by molar-refractivity contribution is 7.15. The molecule has 3 aromatic rings. The van der Waals surface area contributed by atoms with Crippen LogP contribution in [0.25, 0.3) is 5.76 Å². The molecule has 0 spiro atoms. The predicted octanol–water partition coefficient (Wildman–Crippen LogP) is 3.28. The van der Waals surface area contributed by atoms with Crippen LogP contribution in [0.5, 0.6) is 11.5 Å². The molecule has 1 aliphatic heterocycles. The Morgan fingerprint density at radius 1 is 1.16 bits per heavy atom. The van der Waals surface area contributed by atoms with E-state index in [9.17, 15) is 14.7 Å². The number of aryl methyl sites for hydroxylation is 1. The molecular weight excluding hydrogens is 432 g/mol. The molecule has 10 heteroatoms. The molecule has 3 heterocycles. The summed E-state index contributed by atoms with van der Waals surface area (Å²) in [5, 5.41) is 20.0. The van der Waals surface area contributed by atoms with Gasteiger partial charge in [-0.3, -0.25) is 19.5 Å². The molecule has 1 aromatic carbocycles. The van der Waals surface area contributed by atoms with Gasteiger partial charge in [-0.2, -0.15) is 0 Å². The highest BCUT2D eigenvalue weighted by Crippen LogP contribution is 2.44. The van der Waals surface area contributed by atoms with Crippen molar-refractivity contribution in [2.45, 2.75) is 19.9 Å². The van der Waals surface area contributed by atoms with Crippen LogP contribution in [0.2, 0.25) is 0 Å². The monoisotopic (exact) mass is 452 g/mol. The van der Waals surface area contributed by atoms with Crippen molar-refractivity contribution in [3.8, 4) is 11.5 Å². The molecule has 1 unspecified atom stereocenters. The van der Waals surface area contributed by atoms with Crippen LogP contribution in [0, 0.1) is 6.92 Å². The number of carbonyl (C=O) groups excluding carboxylic acids is 2. The lowest BCUT2D eigenvalue weighted by Gasteiger charge is -2.23. The zero-order chi connectivity index (χ0) is 22.8. The van der Waals surface area contributed by atoms with Crippen molar-refractivity contribution >= 4 is 33.9 Å². The summed E-state index contributed by atoms with van der Waals surface area (Å²) < 4.78 is 11.0. The second-order valence-electron chi connectivity index (χ2n) is 6.85. The van der Waals surface area contributed by atoms with Gasteiger partial charge in [-0.1, -0.05) is 17.4 Å². The number of methoxy groups -OCH3 is 1. The maximum absolute atomic E-state index is 13.1. The molecule has 1 fully saturated rings. The Hall–Kier alpha value is -3.79. The Labute approximate surface area is 188 Å². The van der Waals surface area contributed by atoms with Gasteiger partial charge in [0.1, 0.15) is 10.8 Å². The minimum Gasteiger partial charge on any atom is -0.507 e. The number of aliphatic hydroxyl groups is 1. The van der Waals surface area contributed by atoms with Crippen LogP contribution in [0.3, 0.4) is 0 Å². The van der Waals surface area contributed by atoms with Gasteiger partial charge in [0.05, 0.1) is 25.3 Å². The number of carbonyl (C=O) groups is 2. The maximum Gasteiger partial charge on any atom is 0.301 e. The molecular formula is C22H20N4O5S. The molecule has 1 amide bonds. The van der Waals surface area contributed by atoms with E-state index in [2.05, 4.69) is 15.2 Å². The molecule has 1 aliphatic rings. The number of hydrogen-bond acceptors (Lipinski definition) is 9. The first kappa shape index (κ1) is 21.4. The third kappa shape index (κ3) is 3.69. The summed E-state index contributed by atoms with van der Waals surface area (Å²) in [7, 11) is 1.50. The SMILES string of the molecule is CCOc1ccc(C2/C(=C(\O)c3ccncc3)C(=O)C(=O)N2c2nnc(C)s2)cc1OC. The van der Waals surface area contributed by atoms with Crippen LogP contribution in [-0.4, -0.2) is 45.7 Å². The number of anilines is 1. The van der Waals surface area contributed by atoms with E-state index >= 15 is 0 Å². The van der Waals surface area contributed by atoms with Crippen LogP contribution >= 0.6 is 11.3 Å². The van der Waals surface area contributed by atoms with Gasteiger partial charge >= 0.3 is 5.91 Å². The third-order valence-corrected chi connectivity index (χ3v) is 5.76. The van der Waals surface area contributed by atoms with Crippen molar-refractivity contribution in [1.82, 2.24) is 15.2 Å². The summed E-state index contributed by atoms with van der Waals surface area (Å²) in [6, 6.07) is 7.31. The van der Waals surface area contributed by atoms with Gasteiger partial charge in [-0.05, 0) is 43.7 Å². The van der Waals surface area contributed by atoms with Crippen molar-refractivity contribution in [1.29, 1.82) is 0 Å². The van der Waals surface area contributed by atoms with Gasteiger partial charge < -0.3 is 14.6 Å². The number of amides is 1. The molecule has 32 heavy (non-hydrogen) atoms. The summed E-state index contributed by atoms with van der Waals surface area (Å²) in [5.41, 5.74) is 0.863. The predicted molar refractivity (Wildman–Crippen MR) is 118 cm³/mol. The van der Waals surface area contributed by atoms with Gasteiger partial charge in [-0.15, -0.1) is 10.2 Å². The first-order chi connectivity index (χ1) is 15.5. The number of ketones is 1. The Morgan fingerprint density at radius 3 is 2.53 bits per heavy atom. The van der Waals surface area contributed by atoms with E-state index in [4.69, 9.17) is 9.47 Å². The van der Waals surface area contributed by atoms with Gasteiger partial charge in [0, 0.05) is 18.0 Å². The number of aliphatic hydroxyl groups excluding tert-OH is 1. The molecule has 4 rings (SSSR count). The van der Waals surface area contributed by atoms with Crippen molar-refractivity contribution < 1.29 is 24.2 Å². The minimum absolute atomic E-state index is 0.0553. The zero-order valence-corrected chi connectivity index (χ0v) is 18.4. The summed E-state index contributed by atoms with van der Waals surface area (Å²) >= 11 is 1.18. The maximum atomic E-state index is 13.1. The Kier molecular flexibility index (Phi) is 5.87. The Balaban J connectivity index is 1.94. The lowest BCUT2D eigenvalue weighted by atomic mass is 9.95. The number of hydrogen-bond donors (Lipinski definition) is 1. The van der Waals surface area contributed by atoms with Gasteiger partial charge in [0.15, 0.2) is 11.5 Å². The van der Waals surface area contributed by atoms with E-state index in [0.717, 1.165) is 0 Å². The average molecular weight is 452 g/mol. The summed E-state index contributed by atoms with van der Waals surface area (Å²) in [4.78, 5) is 31.4. The summed E-state index contributed by atoms with van der Waals surface area (Å²) in [6.45, 7) is 4.05. The van der Waals surface area contributed by atoms with Crippen LogP contribution in [0.4, 0.5) is 5.13 Å². The molecule has 1 N–H and O–H groups in total. The topological polar surface area (TPSA) is 115 Å². The quantitative estimate of drug-likeness (QED) is 0.344. The minimum atomic E-state index is -0.930. The fraction of sp³-hybridized carbons (Fsp3) is 0.227. The molecule has 9 nitrogen and oxygen atoms in total. The van der Waals surface area contributed by atoms with E-state index in [1.807, 2.05) is 6.92 Å². The highest BCUT2D eigenvalue weighted by atomic mass is 32.1. The average Bonchev–Trinajstić information content (AvgIpc) is 3.35. The second kappa shape index (κ2) is 8.75. The van der Waals surface area contributed by atoms with E-state index in [0.29, 0.717) is 34.2 Å². The number of benzene rings is 1. The van der Waals surface area contributed by atoms with Gasteiger partial charge in [0.2, 0.25) is 5.13 Å². The van der Waals surface area contributed by atoms with Crippen LogP contribution in [-0.2, 0) is 9.59 Å². The molecule has 0 saturated carbocycles. The van der Waals surface area contributed by atoms with Crippen molar-refractivity contribution in [3.63, 3.8) is 0 Å². The molecule has 1 atom stereocenters. The molecule has 0 bridgehead atoms. The van der Waals surface area contributed by atoms with Crippen molar-refractivity contribution in [2.24, 2.45) is 0 Å². The number of Topliss-reactive ketones (excluding diaryl/α,β-unsaturated/α-hetero) is 1. The fourth-order valence-electron chi connectivity index (χ4n) is 3.52. The lowest BCUT2D eigenvalue weighted by molar-refractivity contribution is -0.132. The Bertz CT molecular complexity index is 1210. The second-order valence-corrected chi connectivity index (χ2v) is 8.01. The zero-order valence-electron chi connectivity index (χ0n) is 17.6. The number of pyridine rings is 1.